The highest BCUT2D eigenvalue weighted by Gasteiger charge is 2.30. The Bertz CT molecular complexity index is 1030. The van der Waals surface area contributed by atoms with Crippen molar-refractivity contribution in [3.63, 3.8) is 0 Å². The Hall–Kier alpha value is -2.91. The fourth-order valence-electron chi connectivity index (χ4n) is 3.69. The zero-order chi connectivity index (χ0) is 21.1. The molecule has 9 heteroatoms. The molecule has 1 atom stereocenters. The van der Waals surface area contributed by atoms with Crippen molar-refractivity contribution >= 4 is 22.4 Å². The number of hydrogen-bond donors (Lipinski definition) is 1. The second kappa shape index (κ2) is 8.85. The average molecular weight is 429 g/mol. The Morgan fingerprint density at radius 2 is 2.20 bits per heavy atom. The van der Waals surface area contributed by atoms with Crippen molar-refractivity contribution in [1.82, 2.24) is 15.0 Å². The zero-order valence-corrected chi connectivity index (χ0v) is 18.0. The van der Waals surface area contributed by atoms with E-state index in [2.05, 4.69) is 20.4 Å². The number of aryl methyl sites for hydroxylation is 1. The van der Waals surface area contributed by atoms with Crippen molar-refractivity contribution in [3.8, 4) is 22.8 Å². The van der Waals surface area contributed by atoms with Gasteiger partial charge < -0.3 is 19.3 Å². The summed E-state index contributed by atoms with van der Waals surface area (Å²) in [4.78, 5) is 19.3. The predicted molar refractivity (Wildman–Crippen MR) is 114 cm³/mol. The summed E-state index contributed by atoms with van der Waals surface area (Å²) in [5, 5.41) is 9.34. The molecule has 0 bridgehead atoms. The molecule has 1 aromatic carbocycles. The molecule has 3 heterocycles. The van der Waals surface area contributed by atoms with Gasteiger partial charge >= 0.3 is 0 Å². The van der Waals surface area contributed by atoms with Gasteiger partial charge in [-0.25, -0.2) is 4.98 Å². The Balaban J connectivity index is 1.42. The van der Waals surface area contributed by atoms with Crippen LogP contribution in [0.25, 0.3) is 11.3 Å². The summed E-state index contributed by atoms with van der Waals surface area (Å²) >= 11 is 1.38. The van der Waals surface area contributed by atoms with Crippen molar-refractivity contribution in [2.75, 3.05) is 32.6 Å². The van der Waals surface area contributed by atoms with Crippen LogP contribution in [0.5, 0.6) is 11.5 Å². The van der Waals surface area contributed by atoms with Gasteiger partial charge in [-0.05, 0) is 38.4 Å². The number of nitrogens with one attached hydrogen (secondary N) is 1. The average Bonchev–Trinajstić information content (AvgIpc) is 3.49. The number of amides is 1. The summed E-state index contributed by atoms with van der Waals surface area (Å²) in [5.41, 5.74) is 2.44. The number of hydrogen-bond acceptors (Lipinski definition) is 8. The smallest absolute Gasteiger partial charge is 0.240 e. The lowest BCUT2D eigenvalue weighted by atomic mass is 10.1. The van der Waals surface area contributed by atoms with Crippen molar-refractivity contribution in [2.24, 2.45) is 0 Å². The van der Waals surface area contributed by atoms with E-state index in [1.54, 1.807) is 14.2 Å². The fraction of sp³-hybridized carbons (Fsp3) is 0.381. The molecule has 1 N–H and O–H groups in total. The zero-order valence-electron chi connectivity index (χ0n) is 17.2. The van der Waals surface area contributed by atoms with Gasteiger partial charge in [0, 0.05) is 23.1 Å². The van der Waals surface area contributed by atoms with Crippen LogP contribution in [-0.2, 0) is 4.79 Å². The standard InChI is InChI=1S/C21H24N4O4S/c1-13-9-19(29-24-13)17-5-4-8-25(17)11-20(26)23-21-22-16(12-30-21)15-7-6-14(27-2)10-18(15)28-3/h6-7,9-10,12,17H,4-5,8,11H2,1-3H3,(H,22,23,26). The maximum atomic E-state index is 12.6. The molecule has 8 nitrogen and oxygen atoms in total. The van der Waals surface area contributed by atoms with E-state index in [1.165, 1.54) is 11.3 Å². The Morgan fingerprint density at radius 3 is 2.93 bits per heavy atom. The Kier molecular flexibility index (Phi) is 6.01. The third-order valence-corrected chi connectivity index (χ3v) is 5.88. The van der Waals surface area contributed by atoms with Gasteiger partial charge in [0.2, 0.25) is 5.91 Å². The molecule has 4 rings (SSSR count). The van der Waals surface area contributed by atoms with E-state index in [0.29, 0.717) is 16.6 Å². The lowest BCUT2D eigenvalue weighted by Crippen LogP contribution is -2.32. The molecule has 30 heavy (non-hydrogen) atoms. The van der Waals surface area contributed by atoms with E-state index in [1.807, 2.05) is 36.6 Å². The molecule has 158 valence electrons. The number of ether oxygens (including phenoxy) is 2. The number of benzene rings is 1. The number of anilines is 1. The number of aromatic nitrogens is 2. The van der Waals surface area contributed by atoms with Crippen LogP contribution in [0.3, 0.4) is 0 Å². The summed E-state index contributed by atoms with van der Waals surface area (Å²) < 4.78 is 16.1. The van der Waals surface area contributed by atoms with Crippen LogP contribution in [0.4, 0.5) is 5.13 Å². The van der Waals surface area contributed by atoms with Crippen LogP contribution in [0.15, 0.2) is 34.2 Å². The van der Waals surface area contributed by atoms with Crippen LogP contribution < -0.4 is 14.8 Å². The highest BCUT2D eigenvalue weighted by atomic mass is 32.1. The van der Waals surface area contributed by atoms with E-state index in [4.69, 9.17) is 14.0 Å². The summed E-state index contributed by atoms with van der Waals surface area (Å²) in [6.07, 6.45) is 1.98. The highest BCUT2D eigenvalue weighted by Crippen LogP contribution is 2.35. The van der Waals surface area contributed by atoms with E-state index in [9.17, 15) is 4.79 Å². The molecule has 1 fully saturated rings. The van der Waals surface area contributed by atoms with Gasteiger partial charge in [-0.1, -0.05) is 5.16 Å². The summed E-state index contributed by atoms with van der Waals surface area (Å²) in [7, 11) is 3.22. The van der Waals surface area contributed by atoms with Crippen LogP contribution in [0, 0.1) is 6.92 Å². The van der Waals surface area contributed by atoms with Gasteiger partial charge in [-0.3, -0.25) is 9.69 Å². The molecule has 3 aromatic rings. The summed E-state index contributed by atoms with van der Waals surface area (Å²) in [5.74, 6) is 2.10. The van der Waals surface area contributed by atoms with E-state index >= 15 is 0 Å². The van der Waals surface area contributed by atoms with Gasteiger partial charge in [-0.2, -0.15) is 0 Å². The molecule has 1 aliphatic heterocycles. The molecule has 1 unspecified atom stereocenters. The van der Waals surface area contributed by atoms with Crippen molar-refractivity contribution in [2.45, 2.75) is 25.8 Å². The van der Waals surface area contributed by atoms with E-state index in [-0.39, 0.29) is 18.5 Å². The molecule has 0 aliphatic carbocycles. The first kappa shape index (κ1) is 20.4. The lowest BCUT2D eigenvalue weighted by Gasteiger charge is -2.21. The van der Waals surface area contributed by atoms with E-state index in [0.717, 1.165) is 42.1 Å². The summed E-state index contributed by atoms with van der Waals surface area (Å²) in [6, 6.07) is 7.59. The highest BCUT2D eigenvalue weighted by molar-refractivity contribution is 7.14. The van der Waals surface area contributed by atoms with Gasteiger partial charge in [0.05, 0.1) is 38.2 Å². The van der Waals surface area contributed by atoms with Crippen LogP contribution in [0.2, 0.25) is 0 Å². The van der Waals surface area contributed by atoms with Gasteiger partial charge in [0.25, 0.3) is 0 Å². The van der Waals surface area contributed by atoms with Gasteiger partial charge in [0.1, 0.15) is 11.5 Å². The third-order valence-electron chi connectivity index (χ3n) is 5.12. The topological polar surface area (TPSA) is 89.7 Å². The lowest BCUT2D eigenvalue weighted by molar-refractivity contribution is -0.117. The molecule has 0 saturated carbocycles. The second-order valence-electron chi connectivity index (χ2n) is 7.15. The number of carbonyl (C=O) groups excluding carboxylic acids is 1. The van der Waals surface area contributed by atoms with Crippen LogP contribution >= 0.6 is 11.3 Å². The Morgan fingerprint density at radius 1 is 1.33 bits per heavy atom. The molecule has 2 aromatic heterocycles. The molecular weight excluding hydrogens is 404 g/mol. The number of likely N-dealkylation sites (tertiary alicyclic amines) is 1. The first-order chi connectivity index (χ1) is 14.6. The number of carbonyl (C=O) groups is 1. The molecule has 0 radical (unpaired) electrons. The number of methoxy groups -OCH3 is 2. The number of thiazole rings is 1. The van der Waals surface area contributed by atoms with E-state index < -0.39 is 0 Å². The van der Waals surface area contributed by atoms with Gasteiger partial charge in [-0.15, -0.1) is 11.3 Å². The molecule has 1 amide bonds. The van der Waals surface area contributed by atoms with Crippen molar-refractivity contribution in [1.29, 1.82) is 0 Å². The minimum absolute atomic E-state index is 0.0902. The molecular formula is C21H24N4O4S. The molecule has 1 saturated heterocycles. The normalized spacial score (nSPS) is 16.6. The largest absolute Gasteiger partial charge is 0.497 e. The van der Waals surface area contributed by atoms with Gasteiger partial charge in [0.15, 0.2) is 10.9 Å². The number of nitrogens with zero attached hydrogens (tertiary/aromatic N) is 3. The molecule has 0 spiro atoms. The minimum Gasteiger partial charge on any atom is -0.497 e. The maximum absolute atomic E-state index is 12.6. The Labute approximate surface area is 178 Å². The van der Waals surface area contributed by atoms with Crippen molar-refractivity contribution < 1.29 is 18.8 Å². The second-order valence-corrected chi connectivity index (χ2v) is 8.01. The SMILES string of the molecule is COc1ccc(-c2csc(NC(=O)CN3CCCC3c3cc(C)no3)n2)c(OC)c1. The predicted octanol–water partition coefficient (Wildman–Crippen LogP) is 3.90. The monoisotopic (exact) mass is 428 g/mol. The van der Waals surface area contributed by atoms with Crippen LogP contribution in [0.1, 0.15) is 30.3 Å². The van der Waals surface area contributed by atoms with Crippen LogP contribution in [-0.4, -0.2) is 48.3 Å². The fourth-order valence-corrected chi connectivity index (χ4v) is 4.41. The minimum atomic E-state index is -0.0965. The first-order valence-electron chi connectivity index (χ1n) is 9.72. The first-order valence-corrected chi connectivity index (χ1v) is 10.6. The quantitative estimate of drug-likeness (QED) is 0.610. The third kappa shape index (κ3) is 4.31. The van der Waals surface area contributed by atoms with Crippen molar-refractivity contribution in [3.05, 3.63) is 41.1 Å². The number of rotatable bonds is 7. The maximum Gasteiger partial charge on any atom is 0.240 e. The summed E-state index contributed by atoms with van der Waals surface area (Å²) in [6.45, 7) is 3.03. The molecule has 1 aliphatic rings.